The number of methoxy groups -OCH3 is 1. The third-order valence-electron chi connectivity index (χ3n) is 3.47. The van der Waals surface area contributed by atoms with Crippen molar-refractivity contribution >= 4 is 17.4 Å². The lowest BCUT2D eigenvalue weighted by molar-refractivity contribution is 0.0600. The predicted molar refractivity (Wildman–Crippen MR) is 81.1 cm³/mol. The first-order valence-corrected chi connectivity index (χ1v) is 6.77. The number of carbonyl (C=O) groups is 2. The summed E-state index contributed by atoms with van der Waals surface area (Å²) in [4.78, 5) is 28.6. The van der Waals surface area contributed by atoms with Crippen LogP contribution < -0.4 is 0 Å². The number of hydrogen-bond donors (Lipinski definition) is 0. The van der Waals surface area contributed by atoms with Gasteiger partial charge in [0.2, 0.25) is 5.78 Å². The van der Waals surface area contributed by atoms with Gasteiger partial charge in [0.1, 0.15) is 5.65 Å². The molecule has 0 spiro atoms. The fraction of sp³-hybridized carbons (Fsp3) is 0.118. The van der Waals surface area contributed by atoms with Crippen LogP contribution in [-0.2, 0) is 4.74 Å². The van der Waals surface area contributed by atoms with E-state index in [1.807, 2.05) is 19.1 Å². The second-order valence-electron chi connectivity index (χ2n) is 4.97. The standard InChI is InChI=1S/C17H14N2O3/c1-11-3-5-12(6-4-11)16(20)14-9-13(17(21)22-2)10-15-18-7-8-19(14)15/h3-10H,1-2H3. The van der Waals surface area contributed by atoms with E-state index >= 15 is 0 Å². The van der Waals surface area contributed by atoms with E-state index in [0.29, 0.717) is 22.5 Å². The minimum atomic E-state index is -0.497. The molecular formula is C17H14N2O3. The first-order chi connectivity index (χ1) is 10.6. The van der Waals surface area contributed by atoms with Gasteiger partial charge in [-0.25, -0.2) is 9.78 Å². The van der Waals surface area contributed by atoms with Crippen LogP contribution in [0.1, 0.15) is 32.0 Å². The van der Waals surface area contributed by atoms with Gasteiger partial charge in [0.25, 0.3) is 0 Å². The van der Waals surface area contributed by atoms with Crippen molar-refractivity contribution in [2.45, 2.75) is 6.92 Å². The van der Waals surface area contributed by atoms with Gasteiger partial charge in [-0.2, -0.15) is 0 Å². The van der Waals surface area contributed by atoms with Crippen LogP contribution in [0, 0.1) is 6.92 Å². The second kappa shape index (κ2) is 5.44. The Balaban J connectivity index is 2.16. The summed E-state index contributed by atoms with van der Waals surface area (Å²) >= 11 is 0. The Morgan fingerprint density at radius 2 is 1.82 bits per heavy atom. The largest absolute Gasteiger partial charge is 0.465 e. The monoisotopic (exact) mass is 294 g/mol. The molecule has 110 valence electrons. The number of hydrogen-bond acceptors (Lipinski definition) is 4. The topological polar surface area (TPSA) is 60.7 Å². The Labute approximate surface area is 127 Å². The number of rotatable bonds is 3. The first-order valence-electron chi connectivity index (χ1n) is 6.77. The fourth-order valence-electron chi connectivity index (χ4n) is 2.29. The van der Waals surface area contributed by atoms with Gasteiger partial charge in [-0.3, -0.25) is 9.20 Å². The van der Waals surface area contributed by atoms with Gasteiger partial charge in [0.15, 0.2) is 0 Å². The number of aryl methyl sites for hydroxylation is 1. The van der Waals surface area contributed by atoms with E-state index in [1.165, 1.54) is 13.2 Å². The van der Waals surface area contributed by atoms with E-state index in [2.05, 4.69) is 4.98 Å². The molecular weight excluding hydrogens is 280 g/mol. The van der Waals surface area contributed by atoms with E-state index in [-0.39, 0.29) is 5.78 Å². The molecule has 0 saturated carbocycles. The second-order valence-corrected chi connectivity index (χ2v) is 4.97. The number of aromatic nitrogens is 2. The van der Waals surface area contributed by atoms with Crippen LogP contribution in [0.15, 0.2) is 48.8 Å². The lowest BCUT2D eigenvalue weighted by Crippen LogP contribution is -2.11. The molecule has 0 bridgehead atoms. The number of ether oxygens (including phenoxy) is 1. The summed E-state index contributed by atoms with van der Waals surface area (Å²) in [6.07, 6.45) is 3.28. The number of benzene rings is 1. The molecule has 0 N–H and O–H groups in total. The Bertz CT molecular complexity index is 863. The SMILES string of the molecule is COC(=O)c1cc(C(=O)c2ccc(C)cc2)n2ccnc2c1. The molecule has 0 radical (unpaired) electrons. The molecule has 0 atom stereocenters. The number of esters is 1. The van der Waals surface area contributed by atoms with Crippen LogP contribution in [0.4, 0.5) is 0 Å². The number of imidazole rings is 1. The van der Waals surface area contributed by atoms with Crippen LogP contribution in [0.5, 0.6) is 0 Å². The highest BCUT2D eigenvalue weighted by atomic mass is 16.5. The zero-order valence-electron chi connectivity index (χ0n) is 12.2. The Kier molecular flexibility index (Phi) is 3.47. The van der Waals surface area contributed by atoms with E-state index in [0.717, 1.165) is 5.56 Å². The molecule has 22 heavy (non-hydrogen) atoms. The number of pyridine rings is 1. The number of ketones is 1. The van der Waals surface area contributed by atoms with Gasteiger partial charge in [0, 0.05) is 18.0 Å². The summed E-state index contributed by atoms with van der Waals surface area (Å²) < 4.78 is 6.39. The molecule has 0 aliphatic rings. The highest BCUT2D eigenvalue weighted by molar-refractivity contribution is 6.09. The lowest BCUT2D eigenvalue weighted by atomic mass is 10.0. The normalized spacial score (nSPS) is 10.6. The van der Waals surface area contributed by atoms with E-state index in [4.69, 9.17) is 4.74 Å². The summed E-state index contributed by atoms with van der Waals surface area (Å²) in [5.74, 6) is -0.669. The maximum absolute atomic E-state index is 12.7. The van der Waals surface area contributed by atoms with Crippen molar-refractivity contribution in [1.82, 2.24) is 9.38 Å². The van der Waals surface area contributed by atoms with Gasteiger partial charge in [-0.1, -0.05) is 29.8 Å². The van der Waals surface area contributed by atoms with Crippen LogP contribution in [0.2, 0.25) is 0 Å². The van der Waals surface area contributed by atoms with Crippen molar-refractivity contribution in [3.05, 3.63) is 71.2 Å². The lowest BCUT2D eigenvalue weighted by Gasteiger charge is -2.08. The average molecular weight is 294 g/mol. The highest BCUT2D eigenvalue weighted by Gasteiger charge is 2.17. The third kappa shape index (κ3) is 2.37. The molecule has 0 fully saturated rings. The molecule has 1 aromatic carbocycles. The highest BCUT2D eigenvalue weighted by Crippen LogP contribution is 2.16. The van der Waals surface area contributed by atoms with E-state index < -0.39 is 5.97 Å². The molecule has 0 aliphatic heterocycles. The van der Waals surface area contributed by atoms with Crippen molar-refractivity contribution in [2.24, 2.45) is 0 Å². The van der Waals surface area contributed by atoms with Crippen LogP contribution in [0.3, 0.4) is 0 Å². The molecule has 0 unspecified atom stereocenters. The van der Waals surface area contributed by atoms with Gasteiger partial charge < -0.3 is 4.74 Å². The predicted octanol–water partition coefficient (Wildman–Crippen LogP) is 2.66. The van der Waals surface area contributed by atoms with Crippen LogP contribution >= 0.6 is 0 Å². The summed E-state index contributed by atoms with van der Waals surface area (Å²) in [5, 5.41) is 0. The summed E-state index contributed by atoms with van der Waals surface area (Å²) in [6.45, 7) is 1.96. The summed E-state index contributed by atoms with van der Waals surface area (Å²) in [5.41, 5.74) is 2.84. The minimum absolute atomic E-state index is 0.172. The zero-order chi connectivity index (χ0) is 15.7. The maximum Gasteiger partial charge on any atom is 0.338 e. The van der Waals surface area contributed by atoms with Crippen molar-refractivity contribution in [3.63, 3.8) is 0 Å². The van der Waals surface area contributed by atoms with Gasteiger partial charge in [-0.15, -0.1) is 0 Å². The van der Waals surface area contributed by atoms with Gasteiger partial charge >= 0.3 is 5.97 Å². The molecule has 5 nitrogen and oxygen atoms in total. The molecule has 0 amide bonds. The molecule has 0 aliphatic carbocycles. The Hall–Kier alpha value is -2.95. The number of carbonyl (C=O) groups excluding carboxylic acids is 2. The summed E-state index contributed by atoms with van der Waals surface area (Å²) in [6, 6.07) is 10.4. The number of fused-ring (bicyclic) bond motifs is 1. The molecule has 3 rings (SSSR count). The summed E-state index contributed by atoms with van der Waals surface area (Å²) in [7, 11) is 1.31. The van der Waals surface area contributed by atoms with Crippen molar-refractivity contribution < 1.29 is 14.3 Å². The molecule has 2 heterocycles. The van der Waals surface area contributed by atoms with Gasteiger partial charge in [-0.05, 0) is 19.1 Å². The third-order valence-corrected chi connectivity index (χ3v) is 3.47. The molecule has 3 aromatic rings. The van der Waals surface area contributed by atoms with E-state index in [1.54, 1.807) is 35.0 Å². The molecule has 2 aromatic heterocycles. The Morgan fingerprint density at radius 3 is 2.50 bits per heavy atom. The smallest absolute Gasteiger partial charge is 0.338 e. The van der Waals surface area contributed by atoms with Crippen molar-refractivity contribution in [1.29, 1.82) is 0 Å². The quantitative estimate of drug-likeness (QED) is 0.550. The van der Waals surface area contributed by atoms with Crippen LogP contribution in [-0.4, -0.2) is 28.2 Å². The minimum Gasteiger partial charge on any atom is -0.465 e. The fourth-order valence-corrected chi connectivity index (χ4v) is 2.29. The van der Waals surface area contributed by atoms with Gasteiger partial charge in [0.05, 0.1) is 18.4 Å². The first kappa shape index (κ1) is 14.0. The van der Waals surface area contributed by atoms with Crippen molar-refractivity contribution in [3.8, 4) is 0 Å². The average Bonchev–Trinajstić information content (AvgIpc) is 3.01. The van der Waals surface area contributed by atoms with Crippen molar-refractivity contribution in [2.75, 3.05) is 7.11 Å². The molecule has 5 heteroatoms. The zero-order valence-corrected chi connectivity index (χ0v) is 12.2. The Morgan fingerprint density at radius 1 is 1.09 bits per heavy atom. The number of nitrogens with zero attached hydrogens (tertiary/aromatic N) is 2. The maximum atomic E-state index is 12.7. The van der Waals surface area contributed by atoms with E-state index in [9.17, 15) is 9.59 Å². The molecule has 0 saturated heterocycles. The van der Waals surface area contributed by atoms with Crippen LogP contribution in [0.25, 0.3) is 5.65 Å².